The summed E-state index contributed by atoms with van der Waals surface area (Å²) < 4.78 is 0. The predicted molar refractivity (Wildman–Crippen MR) is 109 cm³/mol. The molecule has 3 aromatic carbocycles. The van der Waals surface area contributed by atoms with E-state index in [1.54, 1.807) is 0 Å². The maximum absolute atomic E-state index is 10.9. The molecule has 1 fully saturated rings. The highest BCUT2D eigenvalue weighted by molar-refractivity contribution is 5.49. The van der Waals surface area contributed by atoms with Gasteiger partial charge in [-0.2, -0.15) is 0 Å². The molecule has 1 aliphatic carbocycles. The van der Waals surface area contributed by atoms with E-state index in [0.29, 0.717) is 12.0 Å². The van der Waals surface area contributed by atoms with Gasteiger partial charge in [0, 0.05) is 31.0 Å². The molecular weight excluding hydrogens is 330 g/mol. The van der Waals surface area contributed by atoms with Gasteiger partial charge in [0.2, 0.25) is 0 Å². The molecule has 4 atom stereocenters. The van der Waals surface area contributed by atoms with Crippen LogP contribution in [-0.4, -0.2) is 28.7 Å². The van der Waals surface area contributed by atoms with Crippen molar-refractivity contribution in [1.29, 1.82) is 0 Å². The monoisotopic (exact) mass is 355 g/mol. The molecule has 0 spiro atoms. The van der Waals surface area contributed by atoms with Gasteiger partial charge in [-0.15, -0.1) is 0 Å². The highest BCUT2D eigenvalue weighted by atomic mass is 16.3. The van der Waals surface area contributed by atoms with Crippen LogP contribution >= 0.6 is 0 Å². The van der Waals surface area contributed by atoms with E-state index in [9.17, 15) is 5.11 Å². The normalized spacial score (nSPS) is 27.1. The summed E-state index contributed by atoms with van der Waals surface area (Å²) in [5.74, 6) is 0.495. The number of aliphatic hydroxyl groups is 1. The SMILES string of the molecule is O[C@@H]1CCN(Cc2ccccc2)[C@@H]2[C@H](c3ccccc3)c3ccccc3[C@@H]21. The van der Waals surface area contributed by atoms with Crippen LogP contribution in [0.1, 0.15) is 40.5 Å². The second-order valence-corrected chi connectivity index (χ2v) is 7.85. The quantitative estimate of drug-likeness (QED) is 0.745. The molecule has 1 saturated heterocycles. The summed E-state index contributed by atoms with van der Waals surface area (Å²) in [6, 6.07) is 30.6. The van der Waals surface area contributed by atoms with Crippen LogP contribution < -0.4 is 0 Å². The van der Waals surface area contributed by atoms with E-state index in [-0.39, 0.29) is 12.0 Å². The molecule has 2 aliphatic rings. The number of piperidine rings is 1. The molecule has 1 heterocycles. The maximum Gasteiger partial charge on any atom is 0.0636 e. The highest BCUT2D eigenvalue weighted by Crippen LogP contribution is 2.51. The van der Waals surface area contributed by atoms with Gasteiger partial charge in [-0.25, -0.2) is 0 Å². The van der Waals surface area contributed by atoms with Crippen molar-refractivity contribution in [2.75, 3.05) is 6.54 Å². The fraction of sp³-hybridized carbons (Fsp3) is 0.280. The summed E-state index contributed by atoms with van der Waals surface area (Å²) in [6.07, 6.45) is 0.570. The molecule has 5 rings (SSSR count). The van der Waals surface area contributed by atoms with Crippen molar-refractivity contribution < 1.29 is 5.11 Å². The summed E-state index contributed by atoms with van der Waals surface area (Å²) in [5, 5.41) is 10.9. The zero-order valence-electron chi connectivity index (χ0n) is 15.4. The van der Waals surface area contributed by atoms with Crippen molar-refractivity contribution in [2.24, 2.45) is 0 Å². The first-order valence-corrected chi connectivity index (χ1v) is 9.93. The van der Waals surface area contributed by atoms with E-state index >= 15 is 0 Å². The van der Waals surface area contributed by atoms with Crippen LogP contribution in [0, 0.1) is 0 Å². The lowest BCUT2D eigenvalue weighted by Gasteiger charge is -2.43. The molecule has 0 radical (unpaired) electrons. The minimum absolute atomic E-state index is 0.184. The van der Waals surface area contributed by atoms with Crippen LogP contribution in [0.3, 0.4) is 0 Å². The minimum Gasteiger partial charge on any atom is -0.392 e. The molecule has 0 aromatic heterocycles. The Labute approximate surface area is 161 Å². The summed E-state index contributed by atoms with van der Waals surface area (Å²) in [6.45, 7) is 1.88. The van der Waals surface area contributed by atoms with E-state index in [1.165, 1.54) is 22.3 Å². The summed E-state index contributed by atoms with van der Waals surface area (Å²) in [5.41, 5.74) is 5.42. The van der Waals surface area contributed by atoms with Crippen LogP contribution in [0.4, 0.5) is 0 Å². The highest BCUT2D eigenvalue weighted by Gasteiger charge is 2.49. The Morgan fingerprint density at radius 2 is 1.41 bits per heavy atom. The number of aliphatic hydroxyl groups excluding tert-OH is 1. The van der Waals surface area contributed by atoms with E-state index in [0.717, 1.165) is 19.5 Å². The number of hydrogen-bond acceptors (Lipinski definition) is 2. The van der Waals surface area contributed by atoms with Crippen LogP contribution in [0.15, 0.2) is 84.9 Å². The number of rotatable bonds is 3. The fourth-order valence-corrected chi connectivity index (χ4v) is 5.21. The first kappa shape index (κ1) is 16.7. The minimum atomic E-state index is -0.267. The maximum atomic E-state index is 10.9. The Kier molecular flexibility index (Phi) is 4.31. The van der Waals surface area contributed by atoms with E-state index in [2.05, 4.69) is 89.8 Å². The molecule has 1 N–H and O–H groups in total. The summed E-state index contributed by atoms with van der Waals surface area (Å²) in [7, 11) is 0. The van der Waals surface area contributed by atoms with Gasteiger partial charge >= 0.3 is 0 Å². The van der Waals surface area contributed by atoms with Crippen molar-refractivity contribution in [2.45, 2.75) is 36.9 Å². The molecule has 1 aliphatic heterocycles. The largest absolute Gasteiger partial charge is 0.392 e. The molecule has 0 amide bonds. The topological polar surface area (TPSA) is 23.5 Å². The van der Waals surface area contributed by atoms with Gasteiger partial charge in [0.25, 0.3) is 0 Å². The Bertz CT molecular complexity index is 908. The Morgan fingerprint density at radius 3 is 2.15 bits per heavy atom. The lowest BCUT2D eigenvalue weighted by Crippen LogP contribution is -2.49. The molecule has 136 valence electrons. The molecule has 0 bridgehead atoms. The summed E-state index contributed by atoms with van der Waals surface area (Å²) >= 11 is 0. The van der Waals surface area contributed by atoms with Crippen molar-refractivity contribution in [3.8, 4) is 0 Å². The van der Waals surface area contributed by atoms with Gasteiger partial charge < -0.3 is 5.11 Å². The smallest absolute Gasteiger partial charge is 0.0636 e. The zero-order valence-corrected chi connectivity index (χ0v) is 15.4. The Hall–Kier alpha value is -2.42. The number of nitrogens with zero attached hydrogens (tertiary/aromatic N) is 1. The second-order valence-electron chi connectivity index (χ2n) is 7.85. The van der Waals surface area contributed by atoms with Crippen LogP contribution in [-0.2, 0) is 6.54 Å². The van der Waals surface area contributed by atoms with E-state index in [4.69, 9.17) is 0 Å². The van der Waals surface area contributed by atoms with Crippen molar-refractivity contribution in [3.05, 3.63) is 107 Å². The van der Waals surface area contributed by atoms with Gasteiger partial charge in [-0.1, -0.05) is 84.9 Å². The van der Waals surface area contributed by atoms with E-state index in [1.807, 2.05) is 0 Å². The first-order valence-electron chi connectivity index (χ1n) is 9.93. The average molecular weight is 355 g/mol. The van der Waals surface area contributed by atoms with Crippen molar-refractivity contribution in [3.63, 3.8) is 0 Å². The predicted octanol–water partition coefficient (Wildman–Crippen LogP) is 4.55. The Balaban J connectivity index is 1.60. The fourth-order valence-electron chi connectivity index (χ4n) is 5.21. The standard InChI is InChI=1S/C25H25NO/c27-22-15-16-26(17-18-9-3-1-4-10-18)25-23(19-11-5-2-6-12-19)20-13-7-8-14-21(20)24(22)25/h1-14,22-25,27H,15-17H2/t22-,23-,24-,25-/m1/s1. The van der Waals surface area contributed by atoms with Crippen molar-refractivity contribution >= 4 is 0 Å². The lowest BCUT2D eigenvalue weighted by atomic mass is 9.81. The third-order valence-corrected chi connectivity index (χ3v) is 6.34. The summed E-state index contributed by atoms with van der Waals surface area (Å²) in [4.78, 5) is 2.60. The van der Waals surface area contributed by atoms with Gasteiger partial charge in [0.15, 0.2) is 0 Å². The van der Waals surface area contributed by atoms with Gasteiger partial charge in [-0.3, -0.25) is 4.90 Å². The molecule has 27 heavy (non-hydrogen) atoms. The van der Waals surface area contributed by atoms with Crippen molar-refractivity contribution in [1.82, 2.24) is 4.90 Å². The number of hydrogen-bond donors (Lipinski definition) is 1. The molecule has 0 saturated carbocycles. The number of benzene rings is 3. The Morgan fingerprint density at radius 1 is 0.778 bits per heavy atom. The zero-order chi connectivity index (χ0) is 18.2. The number of fused-ring (bicyclic) bond motifs is 3. The van der Waals surface area contributed by atoms with Gasteiger partial charge in [-0.05, 0) is 28.7 Å². The third kappa shape index (κ3) is 2.90. The molecule has 2 heteroatoms. The second kappa shape index (κ2) is 6.95. The van der Waals surface area contributed by atoms with E-state index < -0.39 is 0 Å². The number of likely N-dealkylation sites (tertiary alicyclic amines) is 1. The van der Waals surface area contributed by atoms with Crippen LogP contribution in [0.5, 0.6) is 0 Å². The van der Waals surface area contributed by atoms with Gasteiger partial charge in [0.1, 0.15) is 0 Å². The average Bonchev–Trinajstić information content (AvgIpc) is 3.08. The molecule has 2 nitrogen and oxygen atoms in total. The lowest BCUT2D eigenvalue weighted by molar-refractivity contribution is 0.0163. The molecule has 0 unspecified atom stereocenters. The van der Waals surface area contributed by atoms with Crippen LogP contribution in [0.2, 0.25) is 0 Å². The molecule has 3 aromatic rings. The molecular formula is C25H25NO. The van der Waals surface area contributed by atoms with Crippen LogP contribution in [0.25, 0.3) is 0 Å². The third-order valence-electron chi connectivity index (χ3n) is 6.34. The van der Waals surface area contributed by atoms with Gasteiger partial charge in [0.05, 0.1) is 6.10 Å². The first-order chi connectivity index (χ1) is 13.3.